The lowest BCUT2D eigenvalue weighted by Crippen LogP contribution is -2.48. The summed E-state index contributed by atoms with van der Waals surface area (Å²) < 4.78 is 13.1. The number of piperazine rings is 1. The lowest BCUT2D eigenvalue weighted by Gasteiger charge is -2.36. The highest BCUT2D eigenvalue weighted by atomic mass is 19.1. The summed E-state index contributed by atoms with van der Waals surface area (Å²) in [5.41, 5.74) is 1.70. The Bertz CT molecular complexity index is 766. The van der Waals surface area contributed by atoms with Crippen LogP contribution in [0.25, 0.3) is 0 Å². The first-order valence-corrected chi connectivity index (χ1v) is 9.21. The van der Waals surface area contributed by atoms with E-state index in [0.29, 0.717) is 18.7 Å². The molecule has 0 atom stereocenters. The van der Waals surface area contributed by atoms with E-state index in [2.05, 4.69) is 14.8 Å². The molecule has 1 amide bonds. The Balaban J connectivity index is 1.40. The summed E-state index contributed by atoms with van der Waals surface area (Å²) in [6.45, 7) is 4.86. The molecule has 0 N–H and O–H groups in total. The number of carbonyl (C=O) groups is 1. The second-order valence-corrected chi connectivity index (χ2v) is 6.85. The van der Waals surface area contributed by atoms with Gasteiger partial charge in [-0.05, 0) is 49.2 Å². The molecule has 0 aliphatic carbocycles. The summed E-state index contributed by atoms with van der Waals surface area (Å²) in [4.78, 5) is 23.6. The van der Waals surface area contributed by atoms with Crippen LogP contribution in [0.1, 0.15) is 23.2 Å². The van der Waals surface area contributed by atoms with Crippen molar-refractivity contribution >= 4 is 17.4 Å². The van der Waals surface area contributed by atoms with Crippen LogP contribution in [-0.2, 0) is 0 Å². The van der Waals surface area contributed by atoms with Crippen LogP contribution in [0.4, 0.5) is 15.9 Å². The SMILES string of the molecule is O=C(c1ccnc(N2CCCC2)c1)N1CCN(c2ccc(F)cc2)CC1. The van der Waals surface area contributed by atoms with Gasteiger partial charge >= 0.3 is 0 Å². The molecule has 2 aliphatic heterocycles. The van der Waals surface area contributed by atoms with Gasteiger partial charge in [-0.25, -0.2) is 9.37 Å². The Morgan fingerprint density at radius 2 is 1.58 bits per heavy atom. The van der Waals surface area contributed by atoms with Gasteiger partial charge < -0.3 is 14.7 Å². The maximum atomic E-state index is 13.1. The maximum Gasteiger partial charge on any atom is 0.254 e. The molecule has 2 aromatic rings. The summed E-state index contributed by atoms with van der Waals surface area (Å²) in [5.74, 6) is 0.735. The van der Waals surface area contributed by atoms with Crippen molar-refractivity contribution in [2.75, 3.05) is 49.1 Å². The van der Waals surface area contributed by atoms with E-state index in [1.807, 2.05) is 11.0 Å². The molecule has 0 unspecified atom stereocenters. The van der Waals surface area contributed by atoms with Gasteiger partial charge in [-0.1, -0.05) is 0 Å². The van der Waals surface area contributed by atoms with Crippen LogP contribution in [0.15, 0.2) is 42.6 Å². The molecule has 0 radical (unpaired) electrons. The predicted molar refractivity (Wildman–Crippen MR) is 100 cm³/mol. The number of halogens is 1. The molecule has 2 fully saturated rings. The Hall–Kier alpha value is -2.63. The first-order valence-electron chi connectivity index (χ1n) is 9.21. The molecule has 0 spiro atoms. The van der Waals surface area contributed by atoms with E-state index in [-0.39, 0.29) is 11.7 Å². The van der Waals surface area contributed by atoms with E-state index in [0.717, 1.165) is 37.7 Å². The third-order valence-electron chi connectivity index (χ3n) is 5.18. The highest BCUT2D eigenvalue weighted by Crippen LogP contribution is 2.21. The van der Waals surface area contributed by atoms with Gasteiger partial charge in [-0.15, -0.1) is 0 Å². The first-order chi connectivity index (χ1) is 12.7. The van der Waals surface area contributed by atoms with Crippen LogP contribution in [0.3, 0.4) is 0 Å². The number of rotatable bonds is 3. The fourth-order valence-corrected chi connectivity index (χ4v) is 3.67. The van der Waals surface area contributed by atoms with Gasteiger partial charge in [-0.2, -0.15) is 0 Å². The number of hydrogen-bond acceptors (Lipinski definition) is 4. The smallest absolute Gasteiger partial charge is 0.254 e. The summed E-state index contributed by atoms with van der Waals surface area (Å²) in [7, 11) is 0. The van der Waals surface area contributed by atoms with Crippen molar-refractivity contribution < 1.29 is 9.18 Å². The summed E-state index contributed by atoms with van der Waals surface area (Å²) >= 11 is 0. The molecule has 2 aliphatic rings. The summed E-state index contributed by atoms with van der Waals surface area (Å²) in [6.07, 6.45) is 4.10. The third-order valence-corrected chi connectivity index (χ3v) is 5.18. The molecule has 5 nitrogen and oxygen atoms in total. The van der Waals surface area contributed by atoms with Crippen LogP contribution in [0.5, 0.6) is 0 Å². The minimum Gasteiger partial charge on any atom is -0.368 e. The highest BCUT2D eigenvalue weighted by molar-refractivity contribution is 5.95. The maximum absolute atomic E-state index is 13.1. The first kappa shape index (κ1) is 16.8. The van der Waals surface area contributed by atoms with E-state index in [9.17, 15) is 9.18 Å². The zero-order chi connectivity index (χ0) is 17.9. The Morgan fingerprint density at radius 1 is 0.885 bits per heavy atom. The summed E-state index contributed by atoms with van der Waals surface area (Å²) in [5, 5.41) is 0. The molecule has 0 saturated carbocycles. The van der Waals surface area contributed by atoms with Crippen molar-refractivity contribution in [2.45, 2.75) is 12.8 Å². The largest absolute Gasteiger partial charge is 0.368 e. The van der Waals surface area contributed by atoms with Gasteiger partial charge in [0, 0.05) is 56.7 Å². The summed E-state index contributed by atoms with van der Waals surface area (Å²) in [6, 6.07) is 10.2. The zero-order valence-electron chi connectivity index (χ0n) is 14.8. The average molecular weight is 354 g/mol. The fraction of sp³-hybridized carbons (Fsp3) is 0.400. The second-order valence-electron chi connectivity index (χ2n) is 6.85. The molecule has 26 heavy (non-hydrogen) atoms. The number of hydrogen-bond donors (Lipinski definition) is 0. The van der Waals surface area contributed by atoms with Crippen molar-refractivity contribution in [3.05, 3.63) is 54.0 Å². The number of nitrogens with zero attached hydrogens (tertiary/aromatic N) is 4. The van der Waals surface area contributed by atoms with Crippen LogP contribution >= 0.6 is 0 Å². The number of amides is 1. The quantitative estimate of drug-likeness (QED) is 0.850. The second kappa shape index (κ2) is 7.32. The van der Waals surface area contributed by atoms with Crippen molar-refractivity contribution in [1.29, 1.82) is 0 Å². The number of pyridine rings is 1. The standard InChI is InChI=1S/C20H23FN4O/c21-17-3-5-18(6-4-17)23-11-13-25(14-12-23)20(26)16-7-8-22-19(15-16)24-9-1-2-10-24/h3-8,15H,1-2,9-14H2. The number of aromatic nitrogens is 1. The molecule has 4 rings (SSSR count). The Labute approximate surface area is 153 Å². The molecule has 3 heterocycles. The van der Waals surface area contributed by atoms with Gasteiger partial charge in [0.25, 0.3) is 5.91 Å². The van der Waals surface area contributed by atoms with Gasteiger partial charge in [0.1, 0.15) is 11.6 Å². The van der Waals surface area contributed by atoms with Gasteiger partial charge in [0.15, 0.2) is 0 Å². The number of anilines is 2. The molecule has 1 aromatic heterocycles. The molecule has 2 saturated heterocycles. The van der Waals surface area contributed by atoms with Gasteiger partial charge in [0.2, 0.25) is 0 Å². The van der Waals surface area contributed by atoms with Crippen molar-refractivity contribution in [2.24, 2.45) is 0 Å². The minimum absolute atomic E-state index is 0.0617. The molecule has 1 aromatic carbocycles. The Morgan fingerprint density at radius 3 is 2.27 bits per heavy atom. The fourth-order valence-electron chi connectivity index (χ4n) is 3.67. The Kier molecular flexibility index (Phi) is 4.73. The van der Waals surface area contributed by atoms with Crippen LogP contribution in [-0.4, -0.2) is 55.1 Å². The normalized spacial score (nSPS) is 17.7. The molecular weight excluding hydrogens is 331 g/mol. The van der Waals surface area contributed by atoms with Crippen LogP contribution < -0.4 is 9.80 Å². The van der Waals surface area contributed by atoms with E-state index in [1.54, 1.807) is 24.4 Å². The van der Waals surface area contributed by atoms with Crippen LogP contribution in [0.2, 0.25) is 0 Å². The monoisotopic (exact) mass is 354 g/mol. The molecule has 6 heteroatoms. The molecule has 136 valence electrons. The van der Waals surface area contributed by atoms with Crippen LogP contribution in [0, 0.1) is 5.82 Å². The lowest BCUT2D eigenvalue weighted by atomic mass is 10.2. The molecular formula is C20H23FN4O. The van der Waals surface area contributed by atoms with E-state index < -0.39 is 0 Å². The zero-order valence-corrected chi connectivity index (χ0v) is 14.8. The lowest BCUT2D eigenvalue weighted by molar-refractivity contribution is 0.0746. The third kappa shape index (κ3) is 3.49. The predicted octanol–water partition coefficient (Wildman–Crippen LogP) is 2.78. The minimum atomic E-state index is -0.228. The number of carbonyl (C=O) groups excluding carboxylic acids is 1. The molecule has 0 bridgehead atoms. The topological polar surface area (TPSA) is 39.7 Å². The average Bonchev–Trinajstić information content (AvgIpc) is 3.23. The van der Waals surface area contributed by atoms with E-state index in [1.165, 1.54) is 25.0 Å². The van der Waals surface area contributed by atoms with E-state index >= 15 is 0 Å². The van der Waals surface area contributed by atoms with Gasteiger partial charge in [0.05, 0.1) is 0 Å². The number of benzene rings is 1. The van der Waals surface area contributed by atoms with Gasteiger partial charge in [-0.3, -0.25) is 4.79 Å². The van der Waals surface area contributed by atoms with Crippen molar-refractivity contribution in [1.82, 2.24) is 9.88 Å². The van der Waals surface area contributed by atoms with E-state index in [4.69, 9.17) is 0 Å². The highest BCUT2D eigenvalue weighted by Gasteiger charge is 2.23. The van der Waals surface area contributed by atoms with Crippen molar-refractivity contribution in [3.63, 3.8) is 0 Å². The van der Waals surface area contributed by atoms with Crippen molar-refractivity contribution in [3.8, 4) is 0 Å².